The fourth-order valence-corrected chi connectivity index (χ4v) is 3.44. The molecule has 0 saturated heterocycles. The Kier molecular flexibility index (Phi) is 4.92. The number of hydrogen-bond donors (Lipinski definition) is 1. The maximum atomic E-state index is 5.58. The van der Waals surface area contributed by atoms with Crippen molar-refractivity contribution < 1.29 is 9.47 Å². The zero-order valence-electron chi connectivity index (χ0n) is 13.2. The van der Waals surface area contributed by atoms with Crippen LogP contribution in [0.5, 0.6) is 11.5 Å². The van der Waals surface area contributed by atoms with Gasteiger partial charge >= 0.3 is 0 Å². The van der Waals surface area contributed by atoms with Crippen LogP contribution >= 0.6 is 0 Å². The van der Waals surface area contributed by atoms with E-state index in [0.717, 1.165) is 24.5 Å². The molecule has 1 aromatic carbocycles. The molecule has 1 saturated carbocycles. The lowest BCUT2D eigenvalue weighted by molar-refractivity contribution is 0.351. The van der Waals surface area contributed by atoms with Crippen molar-refractivity contribution in [3.05, 3.63) is 23.8 Å². The summed E-state index contributed by atoms with van der Waals surface area (Å²) in [7, 11) is 3.48. The molecule has 3 heteroatoms. The van der Waals surface area contributed by atoms with E-state index in [4.69, 9.17) is 9.47 Å². The van der Waals surface area contributed by atoms with E-state index in [1.54, 1.807) is 14.2 Å². The monoisotopic (exact) mass is 277 g/mol. The molecule has 0 aliphatic heterocycles. The van der Waals surface area contributed by atoms with Gasteiger partial charge in [-0.3, -0.25) is 0 Å². The molecule has 20 heavy (non-hydrogen) atoms. The predicted octanol–water partition coefficient (Wildman–Crippen LogP) is 3.51. The number of nitrogens with one attached hydrogen (secondary N) is 1. The molecular weight excluding hydrogens is 250 g/mol. The average molecular weight is 277 g/mol. The summed E-state index contributed by atoms with van der Waals surface area (Å²) in [4.78, 5) is 0. The van der Waals surface area contributed by atoms with Gasteiger partial charge in [-0.2, -0.15) is 0 Å². The first-order valence-electron chi connectivity index (χ1n) is 7.59. The smallest absolute Gasteiger partial charge is 0.126 e. The molecule has 1 N–H and O–H groups in total. The highest BCUT2D eigenvalue weighted by atomic mass is 16.5. The third kappa shape index (κ3) is 2.93. The summed E-state index contributed by atoms with van der Waals surface area (Å²) in [5.74, 6) is 1.89. The number of benzene rings is 1. The van der Waals surface area contributed by atoms with E-state index in [9.17, 15) is 0 Å². The highest BCUT2D eigenvalue weighted by molar-refractivity contribution is 5.50. The predicted molar refractivity (Wildman–Crippen MR) is 82.8 cm³/mol. The molecule has 0 amide bonds. The number of methoxy groups -OCH3 is 2. The Balaban J connectivity index is 2.26. The maximum Gasteiger partial charge on any atom is 0.126 e. The van der Waals surface area contributed by atoms with Crippen molar-refractivity contribution in [1.29, 1.82) is 0 Å². The lowest BCUT2D eigenvalue weighted by Crippen LogP contribution is -2.29. The minimum absolute atomic E-state index is 0.128. The molecule has 1 aliphatic rings. The topological polar surface area (TPSA) is 30.5 Å². The molecule has 0 aromatic heterocycles. The van der Waals surface area contributed by atoms with Crippen molar-refractivity contribution >= 4 is 0 Å². The SMILES string of the molecule is CCCNC1CCC(C)(c2c(OC)cccc2OC)C1. The maximum absolute atomic E-state index is 5.58. The quantitative estimate of drug-likeness (QED) is 0.863. The Morgan fingerprint density at radius 2 is 1.90 bits per heavy atom. The summed E-state index contributed by atoms with van der Waals surface area (Å²) >= 11 is 0. The summed E-state index contributed by atoms with van der Waals surface area (Å²) in [6.45, 7) is 5.65. The van der Waals surface area contributed by atoms with Crippen LogP contribution in [0.1, 0.15) is 45.1 Å². The molecule has 0 spiro atoms. The zero-order chi connectivity index (χ0) is 14.6. The third-order valence-corrected chi connectivity index (χ3v) is 4.46. The van der Waals surface area contributed by atoms with E-state index in [1.165, 1.54) is 24.8 Å². The van der Waals surface area contributed by atoms with Crippen molar-refractivity contribution in [2.24, 2.45) is 0 Å². The largest absolute Gasteiger partial charge is 0.496 e. The molecule has 0 radical (unpaired) electrons. The summed E-state index contributed by atoms with van der Waals surface area (Å²) in [6.07, 6.45) is 4.72. The van der Waals surface area contributed by atoms with Gasteiger partial charge in [0, 0.05) is 17.0 Å². The standard InChI is InChI=1S/C17H27NO2/c1-5-11-18-13-9-10-17(2,12-13)16-14(19-3)7-6-8-15(16)20-4/h6-8,13,18H,5,9-12H2,1-4H3. The molecular formula is C17H27NO2. The second-order valence-electron chi connectivity index (χ2n) is 5.99. The molecule has 0 heterocycles. The van der Waals surface area contributed by atoms with Gasteiger partial charge in [-0.15, -0.1) is 0 Å². The zero-order valence-corrected chi connectivity index (χ0v) is 13.2. The first kappa shape index (κ1) is 15.2. The lowest BCUT2D eigenvalue weighted by Gasteiger charge is -2.29. The normalized spacial score (nSPS) is 25.7. The van der Waals surface area contributed by atoms with Crippen molar-refractivity contribution in [3.63, 3.8) is 0 Å². The molecule has 2 unspecified atom stereocenters. The second kappa shape index (κ2) is 6.49. The van der Waals surface area contributed by atoms with E-state index in [-0.39, 0.29) is 5.41 Å². The van der Waals surface area contributed by atoms with Crippen LogP contribution in [0.25, 0.3) is 0 Å². The van der Waals surface area contributed by atoms with E-state index in [2.05, 4.69) is 19.2 Å². The van der Waals surface area contributed by atoms with Crippen molar-refractivity contribution in [1.82, 2.24) is 5.32 Å². The van der Waals surface area contributed by atoms with Crippen LogP contribution in [0.4, 0.5) is 0 Å². The van der Waals surface area contributed by atoms with Gasteiger partial charge in [-0.25, -0.2) is 0 Å². The van der Waals surface area contributed by atoms with Crippen LogP contribution in [0.2, 0.25) is 0 Å². The number of hydrogen-bond acceptors (Lipinski definition) is 3. The Bertz CT molecular complexity index is 424. The Morgan fingerprint density at radius 3 is 2.45 bits per heavy atom. The Morgan fingerprint density at radius 1 is 1.25 bits per heavy atom. The number of ether oxygens (including phenoxy) is 2. The van der Waals surface area contributed by atoms with Gasteiger partial charge < -0.3 is 14.8 Å². The van der Waals surface area contributed by atoms with Gasteiger partial charge in [0.15, 0.2) is 0 Å². The third-order valence-electron chi connectivity index (χ3n) is 4.46. The minimum atomic E-state index is 0.128. The van der Waals surface area contributed by atoms with Gasteiger partial charge in [0.2, 0.25) is 0 Å². The molecule has 3 nitrogen and oxygen atoms in total. The van der Waals surface area contributed by atoms with Crippen LogP contribution in [0.15, 0.2) is 18.2 Å². The van der Waals surface area contributed by atoms with Crippen LogP contribution < -0.4 is 14.8 Å². The van der Waals surface area contributed by atoms with E-state index in [1.807, 2.05) is 18.2 Å². The van der Waals surface area contributed by atoms with Gasteiger partial charge in [-0.05, 0) is 44.4 Å². The summed E-state index contributed by atoms with van der Waals surface area (Å²) in [6, 6.07) is 6.67. The first-order chi connectivity index (χ1) is 9.64. The molecule has 112 valence electrons. The molecule has 2 atom stereocenters. The highest BCUT2D eigenvalue weighted by Crippen LogP contribution is 2.48. The molecule has 1 fully saturated rings. The fourth-order valence-electron chi connectivity index (χ4n) is 3.44. The van der Waals surface area contributed by atoms with Crippen LogP contribution in [0, 0.1) is 0 Å². The van der Waals surface area contributed by atoms with Crippen LogP contribution in [-0.2, 0) is 5.41 Å². The van der Waals surface area contributed by atoms with Crippen LogP contribution in [-0.4, -0.2) is 26.8 Å². The van der Waals surface area contributed by atoms with Crippen molar-refractivity contribution in [2.45, 2.75) is 51.0 Å². The van der Waals surface area contributed by atoms with Crippen LogP contribution in [0.3, 0.4) is 0 Å². The van der Waals surface area contributed by atoms with Gasteiger partial charge in [0.05, 0.1) is 14.2 Å². The lowest BCUT2D eigenvalue weighted by atomic mass is 9.79. The average Bonchev–Trinajstić information content (AvgIpc) is 2.86. The van der Waals surface area contributed by atoms with E-state index in [0.29, 0.717) is 6.04 Å². The Labute approximate surface area is 122 Å². The summed E-state index contributed by atoms with van der Waals surface area (Å²) in [5, 5.41) is 3.65. The highest BCUT2D eigenvalue weighted by Gasteiger charge is 2.40. The minimum Gasteiger partial charge on any atom is -0.496 e. The summed E-state index contributed by atoms with van der Waals surface area (Å²) < 4.78 is 11.2. The van der Waals surface area contributed by atoms with Crippen molar-refractivity contribution in [2.75, 3.05) is 20.8 Å². The van der Waals surface area contributed by atoms with Gasteiger partial charge in [0.25, 0.3) is 0 Å². The number of rotatable bonds is 6. The second-order valence-corrected chi connectivity index (χ2v) is 5.99. The van der Waals surface area contributed by atoms with Crippen molar-refractivity contribution in [3.8, 4) is 11.5 Å². The van der Waals surface area contributed by atoms with E-state index < -0.39 is 0 Å². The van der Waals surface area contributed by atoms with E-state index >= 15 is 0 Å². The molecule has 1 aromatic rings. The molecule has 0 bridgehead atoms. The summed E-state index contributed by atoms with van der Waals surface area (Å²) in [5.41, 5.74) is 1.36. The Hall–Kier alpha value is -1.22. The molecule has 2 rings (SSSR count). The first-order valence-corrected chi connectivity index (χ1v) is 7.59. The van der Waals surface area contributed by atoms with Gasteiger partial charge in [0.1, 0.15) is 11.5 Å². The molecule has 1 aliphatic carbocycles. The van der Waals surface area contributed by atoms with Gasteiger partial charge in [-0.1, -0.05) is 19.9 Å². The fraction of sp³-hybridized carbons (Fsp3) is 0.647.